The molecule has 0 spiro atoms. The fourth-order valence-corrected chi connectivity index (χ4v) is 2.79. The summed E-state index contributed by atoms with van der Waals surface area (Å²) in [6.45, 7) is 2.49. The number of nitrogens with zero attached hydrogens (tertiary/aromatic N) is 2. The van der Waals surface area contributed by atoms with E-state index in [-0.39, 0.29) is 12.1 Å². The highest BCUT2D eigenvalue weighted by Gasteiger charge is 2.51. The van der Waals surface area contributed by atoms with Crippen molar-refractivity contribution in [1.82, 2.24) is 4.98 Å². The van der Waals surface area contributed by atoms with E-state index in [1.807, 2.05) is 12.1 Å². The molecule has 1 amide bonds. The highest BCUT2D eigenvalue weighted by molar-refractivity contribution is 6.06. The molecule has 2 atom stereocenters. The van der Waals surface area contributed by atoms with Crippen LogP contribution in [0.4, 0.5) is 5.82 Å². The standard InChI is InChI=1S/C14H18N2O3/c1-14(18-2)10-6-5-8-15-12(10)16(13(14)17)11-7-3-4-9-19-11/h5-6,8,11H,3-4,7,9H2,1-2H3. The maximum absolute atomic E-state index is 12.7. The molecule has 0 aliphatic carbocycles. The Labute approximate surface area is 112 Å². The highest BCUT2D eigenvalue weighted by atomic mass is 16.5. The van der Waals surface area contributed by atoms with Gasteiger partial charge in [-0.1, -0.05) is 6.07 Å². The van der Waals surface area contributed by atoms with Gasteiger partial charge in [0.2, 0.25) is 0 Å². The van der Waals surface area contributed by atoms with E-state index in [1.165, 1.54) is 0 Å². The Morgan fingerprint density at radius 3 is 3.05 bits per heavy atom. The Morgan fingerprint density at radius 2 is 2.37 bits per heavy atom. The molecule has 0 saturated carbocycles. The molecule has 3 rings (SSSR count). The van der Waals surface area contributed by atoms with Crippen LogP contribution in [-0.2, 0) is 19.9 Å². The number of hydrogen-bond donors (Lipinski definition) is 0. The van der Waals surface area contributed by atoms with Crippen molar-refractivity contribution in [2.24, 2.45) is 0 Å². The summed E-state index contributed by atoms with van der Waals surface area (Å²) in [6, 6.07) is 3.72. The molecule has 0 N–H and O–H groups in total. The predicted octanol–water partition coefficient (Wildman–Crippen LogP) is 1.82. The quantitative estimate of drug-likeness (QED) is 0.815. The number of carbonyl (C=O) groups is 1. The Hall–Kier alpha value is -1.46. The summed E-state index contributed by atoms with van der Waals surface area (Å²) in [7, 11) is 1.56. The average molecular weight is 262 g/mol. The summed E-state index contributed by atoms with van der Waals surface area (Å²) in [5.74, 6) is 0.583. The van der Waals surface area contributed by atoms with E-state index < -0.39 is 5.60 Å². The molecule has 0 bridgehead atoms. The second-order valence-electron chi connectivity index (χ2n) is 5.11. The SMILES string of the molecule is COC1(C)C(=O)N(C2CCCCO2)c2ncccc21. The van der Waals surface area contributed by atoms with E-state index in [0.29, 0.717) is 12.4 Å². The molecule has 102 valence electrons. The monoisotopic (exact) mass is 262 g/mol. The normalized spacial score (nSPS) is 30.5. The van der Waals surface area contributed by atoms with Gasteiger partial charge in [-0.15, -0.1) is 0 Å². The van der Waals surface area contributed by atoms with Crippen molar-refractivity contribution in [3.05, 3.63) is 23.9 Å². The summed E-state index contributed by atoms with van der Waals surface area (Å²) >= 11 is 0. The lowest BCUT2D eigenvalue weighted by molar-refractivity contribution is -0.141. The highest BCUT2D eigenvalue weighted by Crippen LogP contribution is 2.42. The van der Waals surface area contributed by atoms with Crippen molar-refractivity contribution < 1.29 is 14.3 Å². The summed E-state index contributed by atoms with van der Waals surface area (Å²) in [4.78, 5) is 18.7. The number of fused-ring (bicyclic) bond motifs is 1. The molecule has 1 aromatic rings. The molecule has 1 fully saturated rings. The minimum atomic E-state index is -0.954. The molecule has 5 nitrogen and oxygen atoms in total. The topological polar surface area (TPSA) is 51.7 Å². The van der Waals surface area contributed by atoms with Gasteiger partial charge in [-0.2, -0.15) is 0 Å². The van der Waals surface area contributed by atoms with Gasteiger partial charge >= 0.3 is 0 Å². The van der Waals surface area contributed by atoms with Crippen LogP contribution in [0.1, 0.15) is 31.7 Å². The largest absolute Gasteiger partial charge is 0.364 e. The van der Waals surface area contributed by atoms with Crippen LogP contribution in [-0.4, -0.2) is 30.8 Å². The van der Waals surface area contributed by atoms with Gasteiger partial charge in [-0.3, -0.25) is 9.69 Å². The van der Waals surface area contributed by atoms with Gasteiger partial charge in [0.05, 0.1) is 0 Å². The van der Waals surface area contributed by atoms with E-state index in [0.717, 1.165) is 24.8 Å². The molecule has 0 radical (unpaired) electrons. The zero-order chi connectivity index (χ0) is 13.5. The fourth-order valence-electron chi connectivity index (χ4n) is 2.79. The van der Waals surface area contributed by atoms with Crippen LogP contribution >= 0.6 is 0 Å². The second-order valence-corrected chi connectivity index (χ2v) is 5.11. The number of ether oxygens (including phenoxy) is 2. The maximum Gasteiger partial charge on any atom is 0.267 e. The number of hydrogen-bond acceptors (Lipinski definition) is 4. The van der Waals surface area contributed by atoms with E-state index in [1.54, 1.807) is 25.1 Å². The molecule has 0 aromatic carbocycles. The van der Waals surface area contributed by atoms with Crippen molar-refractivity contribution in [1.29, 1.82) is 0 Å². The van der Waals surface area contributed by atoms with Crippen molar-refractivity contribution in [3.8, 4) is 0 Å². The molecular weight excluding hydrogens is 244 g/mol. The Bertz CT molecular complexity index is 499. The summed E-state index contributed by atoms with van der Waals surface area (Å²) < 4.78 is 11.2. The summed E-state index contributed by atoms with van der Waals surface area (Å²) in [5, 5.41) is 0. The lowest BCUT2D eigenvalue weighted by Gasteiger charge is -2.32. The molecule has 1 aromatic heterocycles. The first-order chi connectivity index (χ1) is 9.18. The van der Waals surface area contributed by atoms with Crippen molar-refractivity contribution >= 4 is 11.7 Å². The molecular formula is C14H18N2O3. The number of rotatable bonds is 2. The molecule has 2 aliphatic rings. The lowest BCUT2D eigenvalue weighted by atomic mass is 9.99. The van der Waals surface area contributed by atoms with Crippen LogP contribution in [0.3, 0.4) is 0 Å². The smallest absolute Gasteiger partial charge is 0.267 e. The molecule has 2 aliphatic heterocycles. The fraction of sp³-hybridized carbons (Fsp3) is 0.571. The minimum absolute atomic E-state index is 0.0874. The summed E-state index contributed by atoms with van der Waals surface area (Å²) in [6.07, 6.45) is 4.45. The first kappa shape index (κ1) is 12.6. The van der Waals surface area contributed by atoms with E-state index >= 15 is 0 Å². The van der Waals surface area contributed by atoms with Gasteiger partial charge in [0, 0.05) is 25.5 Å². The number of carbonyl (C=O) groups excluding carboxylic acids is 1. The first-order valence-corrected chi connectivity index (χ1v) is 6.64. The minimum Gasteiger partial charge on any atom is -0.364 e. The van der Waals surface area contributed by atoms with Crippen LogP contribution in [0.5, 0.6) is 0 Å². The van der Waals surface area contributed by atoms with Crippen LogP contribution in [0.25, 0.3) is 0 Å². The number of amides is 1. The number of pyridine rings is 1. The van der Waals surface area contributed by atoms with E-state index in [2.05, 4.69) is 4.98 Å². The third-order valence-electron chi connectivity index (χ3n) is 4.01. The van der Waals surface area contributed by atoms with Gasteiger partial charge in [0.1, 0.15) is 12.0 Å². The summed E-state index contributed by atoms with van der Waals surface area (Å²) in [5.41, 5.74) is -0.138. The molecule has 1 saturated heterocycles. The van der Waals surface area contributed by atoms with Crippen LogP contribution in [0.2, 0.25) is 0 Å². The van der Waals surface area contributed by atoms with Crippen molar-refractivity contribution in [3.63, 3.8) is 0 Å². The predicted molar refractivity (Wildman–Crippen MR) is 69.7 cm³/mol. The average Bonchev–Trinajstić information content (AvgIpc) is 2.70. The van der Waals surface area contributed by atoms with Gasteiger partial charge < -0.3 is 9.47 Å². The molecule has 19 heavy (non-hydrogen) atoms. The van der Waals surface area contributed by atoms with Crippen LogP contribution < -0.4 is 4.90 Å². The third kappa shape index (κ3) is 1.76. The van der Waals surface area contributed by atoms with Crippen LogP contribution in [0.15, 0.2) is 18.3 Å². The number of anilines is 1. The Balaban J connectivity index is 2.04. The number of aromatic nitrogens is 1. The van der Waals surface area contributed by atoms with Gasteiger partial charge in [0.15, 0.2) is 5.60 Å². The zero-order valence-corrected chi connectivity index (χ0v) is 11.3. The lowest BCUT2D eigenvalue weighted by Crippen LogP contribution is -2.47. The second kappa shape index (κ2) is 4.58. The third-order valence-corrected chi connectivity index (χ3v) is 4.01. The molecule has 2 unspecified atom stereocenters. The van der Waals surface area contributed by atoms with Crippen molar-refractivity contribution in [2.75, 3.05) is 18.6 Å². The molecule has 5 heteroatoms. The van der Waals surface area contributed by atoms with Gasteiger partial charge in [0.25, 0.3) is 5.91 Å². The Kier molecular flexibility index (Phi) is 3.03. The Morgan fingerprint density at radius 1 is 1.53 bits per heavy atom. The van der Waals surface area contributed by atoms with Gasteiger partial charge in [-0.05, 0) is 32.3 Å². The maximum atomic E-state index is 12.7. The van der Waals surface area contributed by atoms with Crippen LogP contribution in [0, 0.1) is 0 Å². The van der Waals surface area contributed by atoms with E-state index in [4.69, 9.17) is 9.47 Å². The first-order valence-electron chi connectivity index (χ1n) is 6.64. The van der Waals surface area contributed by atoms with Gasteiger partial charge in [-0.25, -0.2) is 4.98 Å². The molecule has 3 heterocycles. The number of methoxy groups -OCH3 is 1. The van der Waals surface area contributed by atoms with E-state index in [9.17, 15) is 4.79 Å². The zero-order valence-electron chi connectivity index (χ0n) is 11.3. The van der Waals surface area contributed by atoms with Crippen molar-refractivity contribution in [2.45, 2.75) is 38.0 Å².